The van der Waals surface area contributed by atoms with Gasteiger partial charge in [-0.2, -0.15) is 0 Å². The molecule has 8 N–H and O–H groups in total. The molecule has 5 atom stereocenters. The van der Waals surface area contributed by atoms with Gasteiger partial charge in [0.15, 0.2) is 12.4 Å². The van der Waals surface area contributed by atoms with Gasteiger partial charge in [0.25, 0.3) is 0 Å². The average molecular weight is 344 g/mol. The minimum Gasteiger partial charge on any atom is -0.450 e. The summed E-state index contributed by atoms with van der Waals surface area (Å²) in [4.78, 5) is 21.5. The summed E-state index contributed by atoms with van der Waals surface area (Å²) in [6.45, 7) is -0.475. The largest absolute Gasteiger partial charge is 0.450 e. The van der Waals surface area contributed by atoms with Crippen LogP contribution in [0.2, 0.25) is 0 Å². The van der Waals surface area contributed by atoms with E-state index in [4.69, 9.17) is 30.6 Å². The molecule has 0 aliphatic heterocycles. The Morgan fingerprint density at radius 2 is 1.43 bits per heavy atom. The molecule has 23 heavy (non-hydrogen) atoms. The lowest BCUT2D eigenvalue weighted by Crippen LogP contribution is -2.48. The van der Waals surface area contributed by atoms with Crippen LogP contribution in [0.15, 0.2) is 0 Å². The van der Waals surface area contributed by atoms with Crippen molar-refractivity contribution in [3.63, 3.8) is 0 Å². The van der Waals surface area contributed by atoms with Crippen molar-refractivity contribution in [1.29, 1.82) is 0 Å². The number of hydrogen-bond donors (Lipinski definition) is 8. The maximum Gasteiger partial charge on any atom is 0.335 e. The molecule has 11 nitrogen and oxygen atoms in total. The van der Waals surface area contributed by atoms with E-state index in [1.165, 1.54) is 0 Å². The van der Waals surface area contributed by atoms with E-state index in [0.29, 0.717) is 0 Å². The maximum atomic E-state index is 10.9. The SMILES string of the molecule is CC(O)C(=O)O[C@@H](C=O)[C@@H](O)[C@H](O)[C@H](O)CO.OCC(O)CO. The molecule has 0 aliphatic carbocycles. The van der Waals surface area contributed by atoms with Gasteiger partial charge in [-0.1, -0.05) is 0 Å². The van der Waals surface area contributed by atoms with E-state index < -0.39 is 49.2 Å². The van der Waals surface area contributed by atoms with Crippen molar-refractivity contribution in [3.8, 4) is 0 Å². The van der Waals surface area contributed by atoms with Crippen molar-refractivity contribution in [2.45, 2.75) is 43.5 Å². The van der Waals surface area contributed by atoms with Crippen LogP contribution < -0.4 is 0 Å². The molecular formula is C12H24O11. The average Bonchev–Trinajstić information content (AvgIpc) is 2.56. The fourth-order valence-electron chi connectivity index (χ4n) is 0.998. The third kappa shape index (κ3) is 10.3. The Balaban J connectivity index is 0. The summed E-state index contributed by atoms with van der Waals surface area (Å²) in [5, 5.41) is 69.0. The highest BCUT2D eigenvalue weighted by Crippen LogP contribution is 2.08. The number of aliphatic hydroxyl groups is 8. The smallest absolute Gasteiger partial charge is 0.335 e. The zero-order valence-corrected chi connectivity index (χ0v) is 12.5. The summed E-state index contributed by atoms with van der Waals surface area (Å²) in [6, 6.07) is 0. The predicted octanol–water partition coefficient (Wildman–Crippen LogP) is -5.12. The van der Waals surface area contributed by atoms with Gasteiger partial charge in [-0.05, 0) is 6.92 Å². The Hall–Kier alpha value is -1.18. The lowest BCUT2D eigenvalue weighted by Gasteiger charge is -2.25. The fraction of sp³-hybridized carbons (Fsp3) is 0.833. The van der Waals surface area contributed by atoms with E-state index in [-0.39, 0.29) is 19.5 Å². The highest BCUT2D eigenvalue weighted by Gasteiger charge is 2.34. The van der Waals surface area contributed by atoms with Crippen LogP contribution in [0, 0.1) is 0 Å². The summed E-state index contributed by atoms with van der Waals surface area (Å²) >= 11 is 0. The Kier molecular flexibility index (Phi) is 13.9. The molecule has 138 valence electrons. The third-order valence-corrected chi connectivity index (χ3v) is 2.42. The van der Waals surface area contributed by atoms with Crippen LogP contribution in [-0.4, -0.2) is 110 Å². The second-order valence-corrected chi connectivity index (χ2v) is 4.46. The van der Waals surface area contributed by atoms with Gasteiger partial charge >= 0.3 is 5.97 Å². The van der Waals surface area contributed by atoms with E-state index in [2.05, 4.69) is 4.74 Å². The normalized spacial score (nSPS) is 17.3. The van der Waals surface area contributed by atoms with Gasteiger partial charge < -0.3 is 45.6 Å². The van der Waals surface area contributed by atoms with Gasteiger partial charge in [0, 0.05) is 0 Å². The number of hydrogen-bond acceptors (Lipinski definition) is 11. The standard InChI is InChI=1S/C9H16O8.C3H8O3/c1-4(12)9(16)17-6(3-11)8(15)7(14)5(13)2-10;4-1-3(6)2-5/h3-8,10,12-15H,2H2,1H3;3-6H,1-2H2/t4?,5-,6+,7-,8-;/m1./s1. The molecule has 0 spiro atoms. The first-order chi connectivity index (χ1) is 10.7. The quantitative estimate of drug-likeness (QED) is 0.147. The summed E-state index contributed by atoms with van der Waals surface area (Å²) < 4.78 is 4.38. The highest BCUT2D eigenvalue weighted by atomic mass is 16.6. The summed E-state index contributed by atoms with van der Waals surface area (Å²) in [6.07, 6.45) is -9.60. The van der Waals surface area contributed by atoms with E-state index in [9.17, 15) is 19.8 Å². The van der Waals surface area contributed by atoms with Gasteiger partial charge in [0.2, 0.25) is 0 Å². The van der Waals surface area contributed by atoms with Gasteiger partial charge in [-0.25, -0.2) is 4.79 Å². The molecule has 0 bridgehead atoms. The van der Waals surface area contributed by atoms with Crippen molar-refractivity contribution in [2.75, 3.05) is 19.8 Å². The van der Waals surface area contributed by atoms with E-state index in [0.717, 1.165) is 6.92 Å². The first-order valence-electron chi connectivity index (χ1n) is 6.54. The number of ether oxygens (including phenoxy) is 1. The van der Waals surface area contributed by atoms with Crippen LogP contribution in [0.5, 0.6) is 0 Å². The maximum absolute atomic E-state index is 10.9. The van der Waals surface area contributed by atoms with Crippen LogP contribution in [0.25, 0.3) is 0 Å². The number of carbonyl (C=O) groups is 2. The molecule has 0 rings (SSSR count). The molecule has 0 heterocycles. The van der Waals surface area contributed by atoms with Crippen LogP contribution in [-0.2, 0) is 14.3 Å². The molecule has 0 saturated heterocycles. The van der Waals surface area contributed by atoms with Crippen molar-refractivity contribution in [3.05, 3.63) is 0 Å². The van der Waals surface area contributed by atoms with Gasteiger partial charge in [-0.15, -0.1) is 0 Å². The summed E-state index contributed by atoms with van der Waals surface area (Å²) in [5.74, 6) is -1.16. The molecule has 0 fully saturated rings. The molecule has 0 radical (unpaired) electrons. The minimum atomic E-state index is -1.91. The molecule has 0 saturated carbocycles. The van der Waals surface area contributed by atoms with Crippen molar-refractivity contribution < 1.29 is 55.2 Å². The Morgan fingerprint density at radius 1 is 0.957 bits per heavy atom. The van der Waals surface area contributed by atoms with Crippen LogP contribution >= 0.6 is 0 Å². The summed E-state index contributed by atoms with van der Waals surface area (Å²) in [7, 11) is 0. The molecule has 0 amide bonds. The van der Waals surface area contributed by atoms with Gasteiger partial charge in [0.05, 0.1) is 19.8 Å². The molecule has 0 aromatic rings. The molecule has 1 unspecified atom stereocenters. The third-order valence-electron chi connectivity index (χ3n) is 2.42. The second-order valence-electron chi connectivity index (χ2n) is 4.46. The first-order valence-corrected chi connectivity index (χ1v) is 6.54. The number of aldehydes is 1. The van der Waals surface area contributed by atoms with Crippen molar-refractivity contribution in [2.24, 2.45) is 0 Å². The topological polar surface area (TPSA) is 205 Å². The lowest BCUT2D eigenvalue weighted by molar-refractivity contribution is -0.174. The number of aliphatic hydroxyl groups excluding tert-OH is 8. The molecule has 0 aliphatic rings. The van der Waals surface area contributed by atoms with E-state index in [1.54, 1.807) is 0 Å². The molecule has 11 heteroatoms. The Morgan fingerprint density at radius 3 is 1.70 bits per heavy atom. The van der Waals surface area contributed by atoms with Crippen LogP contribution in [0.3, 0.4) is 0 Å². The van der Waals surface area contributed by atoms with Gasteiger partial charge in [-0.3, -0.25) is 4.79 Å². The zero-order chi connectivity index (χ0) is 18.6. The molecule has 0 aromatic carbocycles. The van der Waals surface area contributed by atoms with Crippen LogP contribution in [0.1, 0.15) is 6.92 Å². The fourth-order valence-corrected chi connectivity index (χ4v) is 0.998. The monoisotopic (exact) mass is 344 g/mol. The number of rotatable bonds is 9. The van der Waals surface area contributed by atoms with Crippen molar-refractivity contribution >= 4 is 12.3 Å². The summed E-state index contributed by atoms with van der Waals surface area (Å²) in [5.41, 5.74) is 0. The lowest BCUT2D eigenvalue weighted by atomic mass is 10.0. The first kappa shape index (κ1) is 24.1. The molecule has 0 aromatic heterocycles. The van der Waals surface area contributed by atoms with E-state index in [1.807, 2.05) is 0 Å². The van der Waals surface area contributed by atoms with E-state index >= 15 is 0 Å². The van der Waals surface area contributed by atoms with Gasteiger partial charge in [0.1, 0.15) is 30.5 Å². The van der Waals surface area contributed by atoms with Crippen LogP contribution in [0.4, 0.5) is 0 Å². The van der Waals surface area contributed by atoms with Crippen molar-refractivity contribution in [1.82, 2.24) is 0 Å². The number of esters is 1. The zero-order valence-electron chi connectivity index (χ0n) is 12.5. The minimum absolute atomic E-state index is 0.0399. The Labute approximate surface area is 132 Å². The molecular weight excluding hydrogens is 320 g/mol. The predicted molar refractivity (Wildman–Crippen MR) is 72.9 cm³/mol. The second kappa shape index (κ2) is 13.3. The highest BCUT2D eigenvalue weighted by molar-refractivity contribution is 5.76. The Bertz CT molecular complexity index is 318. The number of carbonyl (C=O) groups excluding carboxylic acids is 2.